The summed E-state index contributed by atoms with van der Waals surface area (Å²) in [6.45, 7) is 0. The Balaban J connectivity index is 1.89. The van der Waals surface area contributed by atoms with Crippen molar-refractivity contribution in [3.63, 3.8) is 0 Å². The second kappa shape index (κ2) is 9.42. The highest BCUT2D eigenvalue weighted by Crippen LogP contribution is 2.29. The molecule has 0 atom stereocenters. The molecule has 0 heterocycles. The average Bonchev–Trinajstić information content (AvgIpc) is 2.74. The predicted octanol–water partition coefficient (Wildman–Crippen LogP) is 5.12. The third-order valence-corrected chi connectivity index (χ3v) is 6.51. The third kappa shape index (κ3) is 5.27. The zero-order chi connectivity index (χ0) is 21.7. The summed E-state index contributed by atoms with van der Waals surface area (Å²) >= 11 is 7.36. The highest BCUT2D eigenvalue weighted by molar-refractivity contribution is 7.98. The number of benzene rings is 3. The van der Waals surface area contributed by atoms with Gasteiger partial charge in [0.05, 0.1) is 17.7 Å². The van der Waals surface area contributed by atoms with Crippen molar-refractivity contribution in [3.8, 4) is 5.75 Å². The van der Waals surface area contributed by atoms with E-state index in [1.165, 1.54) is 37.1 Å². The number of thioether (sulfide) groups is 1. The summed E-state index contributed by atoms with van der Waals surface area (Å²) in [5.74, 6) is -0.0826. The lowest BCUT2D eigenvalue weighted by atomic mass is 10.2. The van der Waals surface area contributed by atoms with Crippen LogP contribution in [0.5, 0.6) is 5.75 Å². The lowest BCUT2D eigenvalue weighted by Crippen LogP contribution is -2.15. The quantitative estimate of drug-likeness (QED) is 0.476. The van der Waals surface area contributed by atoms with E-state index in [1.54, 1.807) is 42.5 Å². The Morgan fingerprint density at radius 1 is 1.03 bits per heavy atom. The second-order valence-corrected chi connectivity index (χ2v) is 9.16. The molecule has 0 saturated heterocycles. The van der Waals surface area contributed by atoms with Gasteiger partial charge in [-0.05, 0) is 66.9 Å². The van der Waals surface area contributed by atoms with E-state index < -0.39 is 15.9 Å². The maximum Gasteiger partial charge on any atom is 0.261 e. The van der Waals surface area contributed by atoms with Gasteiger partial charge in [0.15, 0.2) is 0 Å². The Labute approximate surface area is 184 Å². The highest BCUT2D eigenvalue weighted by Gasteiger charge is 2.18. The molecule has 30 heavy (non-hydrogen) atoms. The van der Waals surface area contributed by atoms with E-state index in [0.717, 1.165) is 4.90 Å². The number of hydrogen-bond donors (Lipinski definition) is 2. The van der Waals surface area contributed by atoms with Gasteiger partial charge in [0.1, 0.15) is 5.75 Å². The van der Waals surface area contributed by atoms with Gasteiger partial charge < -0.3 is 10.1 Å². The summed E-state index contributed by atoms with van der Waals surface area (Å²) in [6.07, 6.45) is 1.91. The van der Waals surface area contributed by atoms with E-state index >= 15 is 0 Å². The molecule has 3 aromatic carbocycles. The van der Waals surface area contributed by atoms with Crippen LogP contribution in [0.3, 0.4) is 0 Å². The molecule has 0 unspecified atom stereocenters. The van der Waals surface area contributed by atoms with Crippen molar-refractivity contribution in [1.29, 1.82) is 0 Å². The molecule has 0 radical (unpaired) electrons. The number of carbonyl (C=O) groups is 1. The fraction of sp³-hybridized carbons (Fsp3) is 0.0952. The zero-order valence-corrected chi connectivity index (χ0v) is 18.6. The number of nitrogens with one attached hydrogen (secondary N) is 2. The molecule has 9 heteroatoms. The molecule has 0 aliphatic carbocycles. The minimum Gasteiger partial charge on any atom is -0.495 e. The van der Waals surface area contributed by atoms with Gasteiger partial charge >= 0.3 is 0 Å². The second-order valence-electron chi connectivity index (χ2n) is 6.16. The van der Waals surface area contributed by atoms with Crippen LogP contribution in [-0.2, 0) is 10.0 Å². The molecule has 6 nitrogen and oxygen atoms in total. The number of carbonyl (C=O) groups excluding carboxylic acids is 1. The van der Waals surface area contributed by atoms with Crippen LogP contribution in [0, 0.1) is 0 Å². The van der Waals surface area contributed by atoms with Gasteiger partial charge in [-0.1, -0.05) is 17.7 Å². The third-order valence-electron chi connectivity index (χ3n) is 4.16. The van der Waals surface area contributed by atoms with Crippen molar-refractivity contribution >= 4 is 50.7 Å². The first-order chi connectivity index (χ1) is 14.3. The normalized spacial score (nSPS) is 11.0. The standard InChI is InChI=1S/C21H19ClN2O4S2/c1-28-20-11-10-18(30(26,27)24-16-4-3-5-17(12-16)29-2)13-19(20)23-21(25)14-6-8-15(22)9-7-14/h3-13,24H,1-2H3,(H,23,25). The molecule has 0 spiro atoms. The van der Waals surface area contributed by atoms with Crippen molar-refractivity contribution in [3.05, 3.63) is 77.3 Å². The Morgan fingerprint density at radius 2 is 1.77 bits per heavy atom. The molecule has 3 rings (SSSR count). The molecule has 1 amide bonds. The number of amides is 1. The largest absolute Gasteiger partial charge is 0.495 e. The van der Waals surface area contributed by atoms with Crippen molar-refractivity contribution in [2.75, 3.05) is 23.4 Å². The lowest BCUT2D eigenvalue weighted by molar-refractivity contribution is 0.102. The Hall–Kier alpha value is -2.68. The van der Waals surface area contributed by atoms with Crippen LogP contribution in [0.2, 0.25) is 5.02 Å². The molecule has 0 aromatic heterocycles. The Kier molecular flexibility index (Phi) is 6.91. The van der Waals surface area contributed by atoms with E-state index in [4.69, 9.17) is 16.3 Å². The van der Waals surface area contributed by atoms with Crippen molar-refractivity contribution in [1.82, 2.24) is 0 Å². The SMILES string of the molecule is COc1ccc(S(=O)(=O)Nc2cccc(SC)c2)cc1NC(=O)c1ccc(Cl)cc1. The van der Waals surface area contributed by atoms with Crippen LogP contribution < -0.4 is 14.8 Å². The van der Waals surface area contributed by atoms with Gasteiger partial charge in [0.25, 0.3) is 15.9 Å². The number of methoxy groups -OCH3 is 1. The van der Waals surface area contributed by atoms with Crippen LogP contribution >= 0.6 is 23.4 Å². The summed E-state index contributed by atoms with van der Waals surface area (Å²) in [6, 6.07) is 17.7. The van der Waals surface area contributed by atoms with Crippen LogP contribution in [0.4, 0.5) is 11.4 Å². The summed E-state index contributed by atoms with van der Waals surface area (Å²) < 4.78 is 33.5. The topological polar surface area (TPSA) is 84.5 Å². The van der Waals surface area contributed by atoms with E-state index in [0.29, 0.717) is 22.0 Å². The van der Waals surface area contributed by atoms with Crippen molar-refractivity contribution in [2.45, 2.75) is 9.79 Å². The maximum atomic E-state index is 12.9. The first-order valence-corrected chi connectivity index (χ1v) is 11.8. The maximum absolute atomic E-state index is 12.9. The molecule has 156 valence electrons. The average molecular weight is 463 g/mol. The zero-order valence-electron chi connectivity index (χ0n) is 16.2. The molecule has 0 bridgehead atoms. The summed E-state index contributed by atoms with van der Waals surface area (Å²) in [4.78, 5) is 13.5. The number of halogens is 1. The molecule has 2 N–H and O–H groups in total. The molecule has 0 saturated carbocycles. The number of rotatable bonds is 7. The first kappa shape index (κ1) is 22.0. The van der Waals surface area contributed by atoms with Gasteiger partial charge in [-0.2, -0.15) is 0 Å². The lowest BCUT2D eigenvalue weighted by Gasteiger charge is -2.14. The van der Waals surface area contributed by atoms with E-state index in [-0.39, 0.29) is 10.6 Å². The van der Waals surface area contributed by atoms with E-state index in [2.05, 4.69) is 10.0 Å². The van der Waals surface area contributed by atoms with Gasteiger partial charge in [0.2, 0.25) is 0 Å². The van der Waals surface area contributed by atoms with Gasteiger partial charge in [-0.15, -0.1) is 11.8 Å². The van der Waals surface area contributed by atoms with Crippen LogP contribution in [-0.4, -0.2) is 27.7 Å². The minimum atomic E-state index is -3.88. The Morgan fingerprint density at radius 3 is 2.43 bits per heavy atom. The fourth-order valence-electron chi connectivity index (χ4n) is 2.65. The first-order valence-electron chi connectivity index (χ1n) is 8.74. The van der Waals surface area contributed by atoms with Crippen LogP contribution in [0.15, 0.2) is 76.5 Å². The summed E-state index contributed by atoms with van der Waals surface area (Å²) in [7, 11) is -2.44. The number of ether oxygens (including phenoxy) is 1. The van der Waals surface area contributed by atoms with Crippen LogP contribution in [0.25, 0.3) is 0 Å². The number of anilines is 2. The molecule has 0 fully saturated rings. The highest BCUT2D eigenvalue weighted by atomic mass is 35.5. The molecule has 3 aromatic rings. The van der Waals surface area contributed by atoms with Gasteiger partial charge in [-0.25, -0.2) is 8.42 Å². The van der Waals surface area contributed by atoms with Crippen molar-refractivity contribution < 1.29 is 17.9 Å². The predicted molar refractivity (Wildman–Crippen MR) is 121 cm³/mol. The monoisotopic (exact) mass is 462 g/mol. The molecule has 0 aliphatic heterocycles. The van der Waals surface area contributed by atoms with Crippen LogP contribution in [0.1, 0.15) is 10.4 Å². The number of sulfonamides is 1. The van der Waals surface area contributed by atoms with E-state index in [9.17, 15) is 13.2 Å². The summed E-state index contributed by atoms with van der Waals surface area (Å²) in [5, 5.41) is 3.20. The smallest absolute Gasteiger partial charge is 0.261 e. The Bertz CT molecular complexity index is 1170. The van der Waals surface area contributed by atoms with E-state index in [1.807, 2.05) is 12.3 Å². The number of hydrogen-bond acceptors (Lipinski definition) is 5. The molecular weight excluding hydrogens is 444 g/mol. The molecule has 0 aliphatic rings. The van der Waals surface area contributed by atoms with Gasteiger partial charge in [0, 0.05) is 21.2 Å². The summed E-state index contributed by atoms with van der Waals surface area (Å²) in [5.41, 5.74) is 1.06. The fourth-order valence-corrected chi connectivity index (χ4v) is 4.31. The minimum absolute atomic E-state index is 0.00994. The van der Waals surface area contributed by atoms with Gasteiger partial charge in [-0.3, -0.25) is 9.52 Å². The molecular formula is C21H19ClN2O4S2. The van der Waals surface area contributed by atoms with Crippen molar-refractivity contribution in [2.24, 2.45) is 0 Å².